The van der Waals surface area contributed by atoms with Gasteiger partial charge in [0.05, 0.1) is 0 Å². The van der Waals surface area contributed by atoms with Crippen molar-refractivity contribution in [2.24, 2.45) is 5.73 Å². The summed E-state index contributed by atoms with van der Waals surface area (Å²) in [5.74, 6) is 0. The topological polar surface area (TPSA) is 29.3 Å². The maximum atomic E-state index is 5.83. The number of likely N-dealkylation sites (N-methyl/N-ethyl adjacent to an activating group) is 1. The molecule has 0 saturated carbocycles. The smallest absolute Gasteiger partial charge is 0.0266 e. The van der Waals surface area contributed by atoms with E-state index in [1.54, 1.807) is 0 Å². The highest BCUT2D eigenvalue weighted by atomic mass is 15.1. The second kappa shape index (κ2) is 7.56. The lowest BCUT2D eigenvalue weighted by Crippen LogP contribution is -2.38. The first-order valence-corrected chi connectivity index (χ1v) is 5.08. The van der Waals surface area contributed by atoms with Crippen LogP contribution < -0.4 is 5.73 Å². The zero-order valence-electron chi connectivity index (χ0n) is 9.65. The third-order valence-corrected chi connectivity index (χ3v) is 1.70. The van der Waals surface area contributed by atoms with Crippen LogP contribution in [0, 0.1) is 0 Å². The summed E-state index contributed by atoms with van der Waals surface area (Å²) in [6.45, 7) is 12.3. The van der Waals surface area contributed by atoms with E-state index in [1.807, 2.05) is 27.7 Å². The summed E-state index contributed by atoms with van der Waals surface area (Å²) >= 11 is 0. The van der Waals surface area contributed by atoms with Gasteiger partial charge in [-0.1, -0.05) is 27.7 Å². The van der Waals surface area contributed by atoms with Crippen LogP contribution in [0.1, 0.15) is 41.0 Å². The van der Waals surface area contributed by atoms with Gasteiger partial charge in [-0.15, -0.1) is 0 Å². The minimum absolute atomic E-state index is 0.0920. The summed E-state index contributed by atoms with van der Waals surface area (Å²) in [5.41, 5.74) is 5.92. The zero-order valence-corrected chi connectivity index (χ0v) is 9.65. The SMILES string of the molecule is CC.CC.CN1CC[C@@](C)(N)C1. The summed E-state index contributed by atoms with van der Waals surface area (Å²) in [4.78, 5) is 2.26. The third-order valence-electron chi connectivity index (χ3n) is 1.70. The highest BCUT2D eigenvalue weighted by Gasteiger charge is 2.26. The molecule has 0 radical (unpaired) electrons. The first-order chi connectivity index (χ1) is 5.60. The van der Waals surface area contributed by atoms with Crippen LogP contribution in [0.4, 0.5) is 0 Å². The standard InChI is InChI=1S/C6H14N2.2C2H6/c1-6(7)3-4-8(2)5-6;2*1-2/h3-5,7H2,1-2H3;2*1-2H3/t6-;;/m1../s1. The van der Waals surface area contributed by atoms with Crippen LogP contribution in [-0.2, 0) is 0 Å². The van der Waals surface area contributed by atoms with Gasteiger partial charge in [0, 0.05) is 12.1 Å². The van der Waals surface area contributed by atoms with Crippen LogP contribution in [0.2, 0.25) is 0 Å². The van der Waals surface area contributed by atoms with Crippen LogP contribution >= 0.6 is 0 Å². The number of nitrogens with two attached hydrogens (primary N) is 1. The minimum Gasteiger partial charge on any atom is -0.324 e. The van der Waals surface area contributed by atoms with Crippen molar-refractivity contribution >= 4 is 0 Å². The molecule has 0 spiro atoms. The fourth-order valence-corrected chi connectivity index (χ4v) is 1.22. The Kier molecular flexibility index (Phi) is 9.10. The second-order valence-corrected chi connectivity index (χ2v) is 3.14. The van der Waals surface area contributed by atoms with E-state index in [4.69, 9.17) is 5.73 Å². The normalized spacial score (nSPS) is 28.2. The van der Waals surface area contributed by atoms with Gasteiger partial charge in [0.15, 0.2) is 0 Å². The Balaban J connectivity index is 0. The average Bonchev–Trinajstić information content (AvgIpc) is 2.37. The highest BCUT2D eigenvalue weighted by Crippen LogP contribution is 2.14. The fourth-order valence-electron chi connectivity index (χ4n) is 1.22. The first-order valence-electron chi connectivity index (χ1n) is 5.08. The molecule has 0 aromatic carbocycles. The maximum Gasteiger partial charge on any atom is 0.0266 e. The molecule has 0 unspecified atom stereocenters. The van der Waals surface area contributed by atoms with Crippen molar-refractivity contribution in [3.8, 4) is 0 Å². The minimum atomic E-state index is 0.0920. The van der Waals surface area contributed by atoms with E-state index in [0.29, 0.717) is 0 Å². The predicted molar refractivity (Wildman–Crippen MR) is 57.4 cm³/mol. The molecule has 2 N–H and O–H groups in total. The molecule has 0 aromatic heterocycles. The van der Waals surface area contributed by atoms with Crippen LogP contribution in [0.3, 0.4) is 0 Å². The van der Waals surface area contributed by atoms with Gasteiger partial charge in [-0.2, -0.15) is 0 Å². The Hall–Kier alpha value is -0.0800. The molecule has 2 heteroatoms. The molecular formula is C10H26N2. The lowest BCUT2D eigenvalue weighted by Gasteiger charge is -2.15. The van der Waals surface area contributed by atoms with E-state index in [1.165, 1.54) is 0 Å². The van der Waals surface area contributed by atoms with Crippen LogP contribution in [-0.4, -0.2) is 30.6 Å². The van der Waals surface area contributed by atoms with Crippen LogP contribution in [0.25, 0.3) is 0 Å². The van der Waals surface area contributed by atoms with Gasteiger partial charge in [-0.25, -0.2) is 0 Å². The summed E-state index contributed by atoms with van der Waals surface area (Å²) in [6, 6.07) is 0. The molecular weight excluding hydrogens is 148 g/mol. The van der Waals surface area contributed by atoms with Gasteiger partial charge in [-0.05, 0) is 26.9 Å². The highest BCUT2D eigenvalue weighted by molar-refractivity contribution is 4.88. The average molecular weight is 174 g/mol. The molecule has 1 saturated heterocycles. The maximum absolute atomic E-state index is 5.83. The fraction of sp³-hybridized carbons (Fsp3) is 1.00. The molecule has 0 aromatic rings. The van der Waals surface area contributed by atoms with E-state index in [2.05, 4.69) is 18.9 Å². The van der Waals surface area contributed by atoms with Gasteiger partial charge < -0.3 is 10.6 Å². The predicted octanol–water partition coefficient (Wildman–Crippen LogP) is 2.09. The molecule has 0 amide bonds. The Morgan fingerprint density at radius 2 is 1.58 bits per heavy atom. The molecule has 1 rings (SSSR count). The van der Waals surface area contributed by atoms with Crippen LogP contribution in [0.5, 0.6) is 0 Å². The number of nitrogens with zero attached hydrogens (tertiary/aromatic N) is 1. The molecule has 1 fully saturated rings. The molecule has 2 nitrogen and oxygen atoms in total. The summed E-state index contributed by atoms with van der Waals surface area (Å²) in [6.07, 6.45) is 1.14. The number of rotatable bonds is 0. The number of hydrogen-bond donors (Lipinski definition) is 1. The lowest BCUT2D eigenvalue weighted by molar-refractivity contribution is 0.382. The lowest BCUT2D eigenvalue weighted by atomic mass is 10.0. The van der Waals surface area contributed by atoms with Gasteiger partial charge in [0.2, 0.25) is 0 Å². The van der Waals surface area contributed by atoms with Crippen molar-refractivity contribution in [3.63, 3.8) is 0 Å². The third kappa shape index (κ3) is 6.62. The van der Waals surface area contributed by atoms with Gasteiger partial charge in [0.25, 0.3) is 0 Å². The Labute approximate surface area is 78.1 Å². The molecule has 76 valence electrons. The largest absolute Gasteiger partial charge is 0.324 e. The van der Waals surface area contributed by atoms with Gasteiger partial charge in [-0.3, -0.25) is 0 Å². The van der Waals surface area contributed by atoms with Gasteiger partial charge >= 0.3 is 0 Å². The Morgan fingerprint density at radius 1 is 1.17 bits per heavy atom. The second-order valence-electron chi connectivity index (χ2n) is 3.14. The number of hydrogen-bond acceptors (Lipinski definition) is 2. The summed E-state index contributed by atoms with van der Waals surface area (Å²) in [7, 11) is 2.11. The quantitative estimate of drug-likeness (QED) is 0.609. The first kappa shape index (κ1) is 14.4. The summed E-state index contributed by atoms with van der Waals surface area (Å²) < 4.78 is 0. The van der Waals surface area contributed by atoms with Crippen molar-refractivity contribution in [1.29, 1.82) is 0 Å². The Morgan fingerprint density at radius 3 is 1.67 bits per heavy atom. The van der Waals surface area contributed by atoms with E-state index in [0.717, 1.165) is 19.5 Å². The van der Waals surface area contributed by atoms with E-state index >= 15 is 0 Å². The monoisotopic (exact) mass is 174 g/mol. The van der Waals surface area contributed by atoms with Crippen molar-refractivity contribution in [1.82, 2.24) is 4.90 Å². The molecule has 1 heterocycles. The Bertz CT molecular complexity index is 89.8. The van der Waals surface area contributed by atoms with Crippen molar-refractivity contribution in [2.75, 3.05) is 20.1 Å². The van der Waals surface area contributed by atoms with Crippen molar-refractivity contribution < 1.29 is 0 Å². The van der Waals surface area contributed by atoms with Crippen molar-refractivity contribution in [2.45, 2.75) is 46.6 Å². The molecule has 0 bridgehead atoms. The zero-order chi connectivity index (χ0) is 10.2. The van der Waals surface area contributed by atoms with Crippen LogP contribution in [0.15, 0.2) is 0 Å². The molecule has 1 aliphatic heterocycles. The molecule has 1 aliphatic rings. The van der Waals surface area contributed by atoms with E-state index in [-0.39, 0.29) is 5.54 Å². The van der Waals surface area contributed by atoms with Gasteiger partial charge in [0.1, 0.15) is 0 Å². The van der Waals surface area contributed by atoms with Crippen molar-refractivity contribution in [3.05, 3.63) is 0 Å². The summed E-state index contributed by atoms with van der Waals surface area (Å²) in [5, 5.41) is 0. The van der Waals surface area contributed by atoms with E-state index in [9.17, 15) is 0 Å². The number of likely N-dealkylation sites (tertiary alicyclic amines) is 1. The van der Waals surface area contributed by atoms with E-state index < -0.39 is 0 Å². The molecule has 0 aliphatic carbocycles. The molecule has 1 atom stereocenters. The molecule has 12 heavy (non-hydrogen) atoms.